The molecule has 2 aromatic carbocycles. The molecule has 0 N–H and O–H groups in total. The van der Waals surface area contributed by atoms with E-state index < -0.39 is 0 Å². The Morgan fingerprint density at radius 3 is 2.66 bits per heavy atom. The standard InChI is InChI=1S/C24H27N3O2/c1-4-5-6-18-8-10-20(11-9-18)27-15-19(14-22(27)28)24-25-23(26-29-24)21-12-7-16(2)13-17(21)3/h7-13,19H,4-6,14-15H2,1-3H3. The highest BCUT2D eigenvalue weighted by Gasteiger charge is 2.35. The number of aryl methyl sites for hydroxylation is 3. The first-order valence-corrected chi connectivity index (χ1v) is 10.4. The van der Waals surface area contributed by atoms with E-state index in [-0.39, 0.29) is 11.8 Å². The minimum absolute atomic E-state index is 0.0747. The number of hydrogen-bond donors (Lipinski definition) is 0. The van der Waals surface area contributed by atoms with E-state index in [1.165, 1.54) is 24.0 Å². The van der Waals surface area contributed by atoms with Crippen LogP contribution in [0.15, 0.2) is 47.0 Å². The fourth-order valence-corrected chi connectivity index (χ4v) is 3.92. The van der Waals surface area contributed by atoms with Crippen molar-refractivity contribution in [1.29, 1.82) is 0 Å². The Morgan fingerprint density at radius 1 is 1.14 bits per heavy atom. The largest absolute Gasteiger partial charge is 0.339 e. The van der Waals surface area contributed by atoms with Crippen LogP contribution < -0.4 is 4.90 Å². The van der Waals surface area contributed by atoms with E-state index in [2.05, 4.69) is 42.2 Å². The molecule has 1 aliphatic heterocycles. The molecule has 3 aromatic rings. The highest BCUT2D eigenvalue weighted by atomic mass is 16.5. The fourth-order valence-electron chi connectivity index (χ4n) is 3.92. The third-order valence-corrected chi connectivity index (χ3v) is 5.61. The summed E-state index contributed by atoms with van der Waals surface area (Å²) < 4.78 is 5.54. The Hall–Kier alpha value is -2.95. The van der Waals surface area contributed by atoms with Crippen LogP contribution in [-0.4, -0.2) is 22.6 Å². The zero-order chi connectivity index (χ0) is 20.4. The number of unbranched alkanes of at least 4 members (excludes halogenated alkanes) is 1. The predicted octanol–water partition coefficient (Wildman–Crippen LogP) is 5.22. The van der Waals surface area contributed by atoms with Gasteiger partial charge in [0.05, 0.1) is 5.92 Å². The van der Waals surface area contributed by atoms with Crippen molar-refractivity contribution in [3.05, 3.63) is 65.0 Å². The summed E-state index contributed by atoms with van der Waals surface area (Å²) in [6.07, 6.45) is 3.84. The molecule has 1 saturated heterocycles. The van der Waals surface area contributed by atoms with E-state index in [0.717, 1.165) is 23.2 Å². The summed E-state index contributed by atoms with van der Waals surface area (Å²) in [5.74, 6) is 1.15. The maximum atomic E-state index is 12.6. The van der Waals surface area contributed by atoms with Gasteiger partial charge in [-0.1, -0.05) is 54.4 Å². The van der Waals surface area contributed by atoms with Gasteiger partial charge in [0.2, 0.25) is 17.6 Å². The summed E-state index contributed by atoms with van der Waals surface area (Å²) in [6, 6.07) is 14.5. The second kappa shape index (κ2) is 8.19. The van der Waals surface area contributed by atoms with Crippen molar-refractivity contribution in [2.24, 2.45) is 0 Å². The normalized spacial score (nSPS) is 16.6. The molecule has 150 valence electrons. The first kappa shape index (κ1) is 19.4. The third kappa shape index (κ3) is 4.09. The maximum Gasteiger partial charge on any atom is 0.232 e. The lowest BCUT2D eigenvalue weighted by atomic mass is 10.1. The average molecular weight is 389 g/mol. The van der Waals surface area contributed by atoms with E-state index in [4.69, 9.17) is 4.52 Å². The molecule has 1 amide bonds. The molecular weight excluding hydrogens is 362 g/mol. The van der Waals surface area contributed by atoms with Gasteiger partial charge >= 0.3 is 0 Å². The molecule has 1 aliphatic rings. The summed E-state index contributed by atoms with van der Waals surface area (Å²) in [5, 5.41) is 4.17. The van der Waals surface area contributed by atoms with Gasteiger partial charge in [-0.2, -0.15) is 4.98 Å². The maximum absolute atomic E-state index is 12.6. The van der Waals surface area contributed by atoms with E-state index in [0.29, 0.717) is 24.7 Å². The molecule has 4 rings (SSSR count). The van der Waals surface area contributed by atoms with Gasteiger partial charge < -0.3 is 9.42 Å². The molecule has 0 bridgehead atoms. The monoisotopic (exact) mass is 389 g/mol. The van der Waals surface area contributed by atoms with Crippen LogP contribution >= 0.6 is 0 Å². The van der Waals surface area contributed by atoms with Gasteiger partial charge in [-0.15, -0.1) is 0 Å². The lowest BCUT2D eigenvalue weighted by Crippen LogP contribution is -2.24. The van der Waals surface area contributed by atoms with Crippen LogP contribution in [-0.2, 0) is 11.2 Å². The number of carbonyl (C=O) groups is 1. The van der Waals surface area contributed by atoms with Crippen molar-refractivity contribution >= 4 is 11.6 Å². The van der Waals surface area contributed by atoms with Crippen molar-refractivity contribution in [3.63, 3.8) is 0 Å². The first-order chi connectivity index (χ1) is 14.0. The van der Waals surface area contributed by atoms with Crippen molar-refractivity contribution in [1.82, 2.24) is 10.1 Å². The van der Waals surface area contributed by atoms with Gasteiger partial charge in [0, 0.05) is 24.2 Å². The SMILES string of the molecule is CCCCc1ccc(N2CC(c3nc(-c4ccc(C)cc4C)no3)CC2=O)cc1. The molecule has 0 spiro atoms. The second-order valence-electron chi connectivity index (χ2n) is 7.95. The Labute approximate surface area is 171 Å². The van der Waals surface area contributed by atoms with Crippen molar-refractivity contribution < 1.29 is 9.32 Å². The van der Waals surface area contributed by atoms with Crippen molar-refractivity contribution in [2.75, 3.05) is 11.4 Å². The minimum atomic E-state index is -0.0747. The summed E-state index contributed by atoms with van der Waals surface area (Å²) >= 11 is 0. The van der Waals surface area contributed by atoms with Crippen LogP contribution in [0.2, 0.25) is 0 Å². The zero-order valence-corrected chi connectivity index (χ0v) is 17.3. The molecule has 29 heavy (non-hydrogen) atoms. The summed E-state index contributed by atoms with van der Waals surface area (Å²) in [4.78, 5) is 19.1. The van der Waals surface area contributed by atoms with Gasteiger partial charge in [0.15, 0.2) is 0 Å². The van der Waals surface area contributed by atoms with E-state index >= 15 is 0 Å². The smallest absolute Gasteiger partial charge is 0.232 e. The van der Waals surface area contributed by atoms with Gasteiger partial charge in [-0.3, -0.25) is 4.79 Å². The van der Waals surface area contributed by atoms with Gasteiger partial charge in [0.1, 0.15) is 0 Å². The number of rotatable bonds is 6. The topological polar surface area (TPSA) is 59.2 Å². The Morgan fingerprint density at radius 2 is 1.93 bits per heavy atom. The summed E-state index contributed by atoms with van der Waals surface area (Å²) in [5.41, 5.74) is 5.53. The first-order valence-electron chi connectivity index (χ1n) is 10.4. The Balaban J connectivity index is 1.49. The zero-order valence-electron chi connectivity index (χ0n) is 17.3. The highest BCUT2D eigenvalue weighted by Crippen LogP contribution is 2.32. The number of hydrogen-bond acceptors (Lipinski definition) is 4. The summed E-state index contributed by atoms with van der Waals surface area (Å²) in [6.45, 7) is 6.87. The second-order valence-corrected chi connectivity index (χ2v) is 7.95. The van der Waals surface area contributed by atoms with Gasteiger partial charge in [0.25, 0.3) is 0 Å². The van der Waals surface area contributed by atoms with Crippen LogP contribution in [0.1, 0.15) is 54.7 Å². The fraction of sp³-hybridized carbons (Fsp3) is 0.375. The van der Waals surface area contributed by atoms with Crippen molar-refractivity contribution in [2.45, 2.75) is 52.4 Å². The highest BCUT2D eigenvalue weighted by molar-refractivity contribution is 5.96. The third-order valence-electron chi connectivity index (χ3n) is 5.61. The lowest BCUT2D eigenvalue weighted by Gasteiger charge is -2.16. The number of aromatic nitrogens is 2. The number of anilines is 1. The number of amides is 1. The van der Waals surface area contributed by atoms with Crippen LogP contribution in [0.5, 0.6) is 0 Å². The van der Waals surface area contributed by atoms with E-state index in [1.54, 1.807) is 0 Å². The number of carbonyl (C=O) groups excluding carboxylic acids is 1. The van der Waals surface area contributed by atoms with E-state index in [1.807, 2.05) is 36.1 Å². The minimum Gasteiger partial charge on any atom is -0.339 e. The van der Waals surface area contributed by atoms with Gasteiger partial charge in [-0.25, -0.2) is 0 Å². The molecule has 1 unspecified atom stereocenters. The predicted molar refractivity (Wildman–Crippen MR) is 114 cm³/mol. The van der Waals surface area contributed by atoms with Crippen LogP contribution in [0.25, 0.3) is 11.4 Å². The van der Waals surface area contributed by atoms with Crippen LogP contribution in [0.4, 0.5) is 5.69 Å². The molecular formula is C24H27N3O2. The van der Waals surface area contributed by atoms with Gasteiger partial charge in [-0.05, 0) is 49.9 Å². The molecule has 1 fully saturated rings. The molecule has 0 radical (unpaired) electrons. The van der Waals surface area contributed by atoms with Crippen LogP contribution in [0, 0.1) is 13.8 Å². The number of nitrogens with zero attached hydrogens (tertiary/aromatic N) is 3. The Kier molecular flexibility index (Phi) is 5.47. The average Bonchev–Trinajstić information content (AvgIpc) is 3.34. The lowest BCUT2D eigenvalue weighted by molar-refractivity contribution is -0.117. The molecule has 1 atom stereocenters. The summed E-state index contributed by atoms with van der Waals surface area (Å²) in [7, 11) is 0. The van der Waals surface area contributed by atoms with Crippen molar-refractivity contribution in [3.8, 4) is 11.4 Å². The molecule has 5 heteroatoms. The molecule has 1 aromatic heterocycles. The quantitative estimate of drug-likeness (QED) is 0.580. The van der Waals surface area contributed by atoms with E-state index in [9.17, 15) is 4.79 Å². The Bertz CT molecular complexity index is 1010. The molecule has 0 saturated carbocycles. The molecule has 5 nitrogen and oxygen atoms in total. The molecule has 0 aliphatic carbocycles. The van der Waals surface area contributed by atoms with Crippen LogP contribution in [0.3, 0.4) is 0 Å². The number of benzene rings is 2. The molecule has 2 heterocycles.